The van der Waals surface area contributed by atoms with Crippen LogP contribution in [0.1, 0.15) is 37.2 Å². The fraction of sp³-hybridized carbons (Fsp3) is 0.412. The van der Waals surface area contributed by atoms with Crippen molar-refractivity contribution in [1.82, 2.24) is 9.88 Å². The first kappa shape index (κ1) is 13.9. The molecule has 2 heterocycles. The number of nitrogen functional groups attached to an aromatic ring is 1. The summed E-state index contributed by atoms with van der Waals surface area (Å²) in [5.74, 6) is 0.410. The molecule has 4 heteroatoms. The van der Waals surface area contributed by atoms with Crippen LogP contribution >= 0.6 is 0 Å². The number of nitrogens with two attached hydrogens (primary N) is 1. The summed E-state index contributed by atoms with van der Waals surface area (Å²) in [6.45, 7) is 5.99. The fourth-order valence-electron chi connectivity index (χ4n) is 3.09. The summed E-state index contributed by atoms with van der Waals surface area (Å²) in [6, 6.07) is 9.60. The zero-order chi connectivity index (χ0) is 15.0. The maximum atomic E-state index is 12.7. The summed E-state index contributed by atoms with van der Waals surface area (Å²) in [5.41, 5.74) is 6.62. The summed E-state index contributed by atoms with van der Waals surface area (Å²) in [7, 11) is 0. The normalized spacial score (nSPS) is 17.9. The van der Waals surface area contributed by atoms with Gasteiger partial charge in [-0.1, -0.05) is 38.1 Å². The Balaban J connectivity index is 1.94. The van der Waals surface area contributed by atoms with Gasteiger partial charge in [0.05, 0.1) is 0 Å². The van der Waals surface area contributed by atoms with E-state index < -0.39 is 0 Å². The standard InChI is InChI=1S/C17H21N3O/c1-17(2)8-5-9-20(11-17)16(21)14-10-12-6-3-4-7-13(12)15(18)19-14/h3-4,6-7,10H,5,8-9,11H2,1-2H3,(H2,18,19). The summed E-state index contributed by atoms with van der Waals surface area (Å²) in [5, 5.41) is 1.86. The van der Waals surface area contributed by atoms with Crippen LogP contribution in [0.2, 0.25) is 0 Å². The van der Waals surface area contributed by atoms with Gasteiger partial charge in [-0.05, 0) is 29.7 Å². The molecular formula is C17H21N3O. The van der Waals surface area contributed by atoms with Gasteiger partial charge in [-0.15, -0.1) is 0 Å². The molecule has 0 radical (unpaired) electrons. The van der Waals surface area contributed by atoms with E-state index in [1.165, 1.54) is 0 Å². The van der Waals surface area contributed by atoms with Crippen molar-refractivity contribution in [2.45, 2.75) is 26.7 Å². The highest BCUT2D eigenvalue weighted by molar-refractivity contribution is 5.99. The number of nitrogens with zero attached hydrogens (tertiary/aromatic N) is 2. The largest absolute Gasteiger partial charge is 0.383 e. The molecule has 2 aromatic rings. The van der Waals surface area contributed by atoms with Crippen molar-refractivity contribution in [3.8, 4) is 0 Å². The van der Waals surface area contributed by atoms with E-state index in [4.69, 9.17) is 5.73 Å². The molecule has 0 unspecified atom stereocenters. The Morgan fingerprint density at radius 2 is 2.10 bits per heavy atom. The molecule has 0 spiro atoms. The van der Waals surface area contributed by atoms with Crippen LogP contribution in [0.3, 0.4) is 0 Å². The first-order valence-corrected chi connectivity index (χ1v) is 7.41. The Morgan fingerprint density at radius 3 is 2.86 bits per heavy atom. The third-order valence-corrected chi connectivity index (χ3v) is 4.18. The number of carbonyl (C=O) groups is 1. The maximum Gasteiger partial charge on any atom is 0.272 e. The molecule has 2 N–H and O–H groups in total. The van der Waals surface area contributed by atoms with Gasteiger partial charge in [0.2, 0.25) is 0 Å². The number of likely N-dealkylation sites (tertiary alicyclic amines) is 1. The summed E-state index contributed by atoms with van der Waals surface area (Å²) in [4.78, 5) is 18.9. The van der Waals surface area contributed by atoms with Crippen molar-refractivity contribution in [2.24, 2.45) is 5.41 Å². The molecule has 0 bridgehead atoms. The van der Waals surface area contributed by atoms with Crippen molar-refractivity contribution >= 4 is 22.5 Å². The quantitative estimate of drug-likeness (QED) is 0.875. The van der Waals surface area contributed by atoms with Crippen molar-refractivity contribution < 1.29 is 4.79 Å². The van der Waals surface area contributed by atoms with E-state index >= 15 is 0 Å². The average molecular weight is 283 g/mol. The van der Waals surface area contributed by atoms with Crippen LogP contribution in [-0.4, -0.2) is 28.9 Å². The van der Waals surface area contributed by atoms with Crippen LogP contribution in [0, 0.1) is 5.41 Å². The van der Waals surface area contributed by atoms with Gasteiger partial charge in [0.1, 0.15) is 11.5 Å². The van der Waals surface area contributed by atoms with Gasteiger partial charge in [-0.2, -0.15) is 0 Å². The topological polar surface area (TPSA) is 59.2 Å². The molecule has 1 aliphatic heterocycles. The molecule has 1 fully saturated rings. The molecule has 110 valence electrons. The smallest absolute Gasteiger partial charge is 0.272 e. The number of pyridine rings is 1. The Labute approximate surface area is 125 Å². The number of hydrogen-bond donors (Lipinski definition) is 1. The molecule has 4 nitrogen and oxygen atoms in total. The fourth-order valence-corrected chi connectivity index (χ4v) is 3.09. The molecule has 0 aliphatic carbocycles. The summed E-state index contributed by atoms with van der Waals surface area (Å²) < 4.78 is 0. The molecule has 1 aromatic carbocycles. The third-order valence-electron chi connectivity index (χ3n) is 4.18. The van der Waals surface area contributed by atoms with E-state index in [0.29, 0.717) is 11.5 Å². The molecule has 1 aliphatic rings. The van der Waals surface area contributed by atoms with E-state index in [2.05, 4.69) is 18.8 Å². The number of aromatic nitrogens is 1. The third kappa shape index (κ3) is 2.71. The highest BCUT2D eigenvalue weighted by Crippen LogP contribution is 2.29. The highest BCUT2D eigenvalue weighted by Gasteiger charge is 2.30. The summed E-state index contributed by atoms with van der Waals surface area (Å²) >= 11 is 0. The lowest BCUT2D eigenvalue weighted by atomic mass is 9.84. The number of rotatable bonds is 1. The first-order valence-electron chi connectivity index (χ1n) is 7.41. The number of anilines is 1. The van der Waals surface area contributed by atoms with Gasteiger partial charge < -0.3 is 10.6 Å². The van der Waals surface area contributed by atoms with Crippen molar-refractivity contribution in [3.05, 3.63) is 36.0 Å². The predicted octanol–water partition coefficient (Wildman–Crippen LogP) is 3.08. The Morgan fingerprint density at radius 1 is 1.33 bits per heavy atom. The zero-order valence-corrected chi connectivity index (χ0v) is 12.6. The second kappa shape index (κ2) is 5.02. The Kier molecular flexibility index (Phi) is 3.32. The van der Waals surface area contributed by atoms with E-state index in [1.54, 1.807) is 0 Å². The van der Waals surface area contributed by atoms with Gasteiger partial charge >= 0.3 is 0 Å². The van der Waals surface area contributed by atoms with Crippen molar-refractivity contribution in [3.63, 3.8) is 0 Å². The van der Waals surface area contributed by atoms with E-state index in [9.17, 15) is 4.79 Å². The van der Waals surface area contributed by atoms with Crippen LogP contribution in [-0.2, 0) is 0 Å². The molecule has 3 rings (SSSR count). The number of hydrogen-bond acceptors (Lipinski definition) is 3. The lowest BCUT2D eigenvalue weighted by Crippen LogP contribution is -2.43. The number of amides is 1. The van der Waals surface area contributed by atoms with Crippen LogP contribution < -0.4 is 5.73 Å². The molecule has 1 saturated heterocycles. The van der Waals surface area contributed by atoms with Crippen LogP contribution in [0.15, 0.2) is 30.3 Å². The van der Waals surface area contributed by atoms with E-state index in [1.807, 2.05) is 35.2 Å². The van der Waals surface area contributed by atoms with Crippen molar-refractivity contribution in [1.29, 1.82) is 0 Å². The van der Waals surface area contributed by atoms with Gasteiger partial charge in [0.25, 0.3) is 5.91 Å². The summed E-state index contributed by atoms with van der Waals surface area (Å²) in [6.07, 6.45) is 2.20. The van der Waals surface area contributed by atoms with Gasteiger partial charge in [-0.3, -0.25) is 4.79 Å². The highest BCUT2D eigenvalue weighted by atomic mass is 16.2. The maximum absolute atomic E-state index is 12.7. The van der Waals surface area contributed by atoms with Crippen molar-refractivity contribution in [2.75, 3.05) is 18.8 Å². The molecule has 0 saturated carbocycles. The number of fused-ring (bicyclic) bond motifs is 1. The minimum Gasteiger partial charge on any atom is -0.383 e. The first-order chi connectivity index (χ1) is 9.96. The minimum atomic E-state index is -0.0137. The lowest BCUT2D eigenvalue weighted by molar-refractivity contribution is 0.0578. The molecule has 1 amide bonds. The Bertz CT molecular complexity index is 693. The second-order valence-corrected chi connectivity index (χ2v) is 6.61. The molecule has 0 atom stereocenters. The SMILES string of the molecule is CC1(C)CCCN(C(=O)c2cc3ccccc3c(N)n2)C1. The molecule has 1 aromatic heterocycles. The second-order valence-electron chi connectivity index (χ2n) is 6.61. The van der Waals surface area contributed by atoms with E-state index in [0.717, 1.165) is 36.7 Å². The lowest BCUT2D eigenvalue weighted by Gasteiger charge is -2.37. The van der Waals surface area contributed by atoms with Gasteiger partial charge in [0, 0.05) is 18.5 Å². The molecule has 21 heavy (non-hydrogen) atoms. The van der Waals surface area contributed by atoms with Crippen LogP contribution in [0.4, 0.5) is 5.82 Å². The van der Waals surface area contributed by atoms with Crippen LogP contribution in [0.5, 0.6) is 0 Å². The Hall–Kier alpha value is -2.10. The number of benzene rings is 1. The monoisotopic (exact) mass is 283 g/mol. The number of carbonyl (C=O) groups excluding carboxylic acids is 1. The van der Waals surface area contributed by atoms with E-state index in [-0.39, 0.29) is 11.3 Å². The predicted molar refractivity (Wildman–Crippen MR) is 85.1 cm³/mol. The number of piperidine rings is 1. The average Bonchev–Trinajstić information content (AvgIpc) is 2.45. The minimum absolute atomic E-state index is 0.0137. The van der Waals surface area contributed by atoms with Gasteiger partial charge in [-0.25, -0.2) is 4.98 Å². The van der Waals surface area contributed by atoms with Gasteiger partial charge in [0.15, 0.2) is 0 Å². The zero-order valence-electron chi connectivity index (χ0n) is 12.6. The van der Waals surface area contributed by atoms with Crippen LogP contribution in [0.25, 0.3) is 10.8 Å². The molecular weight excluding hydrogens is 262 g/mol.